The van der Waals surface area contributed by atoms with Crippen molar-refractivity contribution in [2.45, 2.75) is 38.8 Å². The van der Waals surface area contributed by atoms with Crippen LogP contribution in [-0.2, 0) is 4.74 Å². The summed E-state index contributed by atoms with van der Waals surface area (Å²) >= 11 is 0. The lowest BCUT2D eigenvalue weighted by Gasteiger charge is -2.22. The summed E-state index contributed by atoms with van der Waals surface area (Å²) in [7, 11) is 0. The van der Waals surface area contributed by atoms with Crippen LogP contribution in [0.5, 0.6) is 0 Å². The van der Waals surface area contributed by atoms with Crippen LogP contribution < -0.4 is 5.32 Å². The molecule has 18 heavy (non-hydrogen) atoms. The van der Waals surface area contributed by atoms with E-state index in [0.717, 1.165) is 5.56 Å². The highest BCUT2D eigenvalue weighted by Gasteiger charge is 2.20. The molecular formula is C14H18N2O2. The van der Waals surface area contributed by atoms with Crippen LogP contribution in [0.4, 0.5) is 4.79 Å². The molecule has 1 aromatic rings. The van der Waals surface area contributed by atoms with Gasteiger partial charge in [-0.2, -0.15) is 5.26 Å². The van der Waals surface area contributed by atoms with Gasteiger partial charge in [0.1, 0.15) is 5.60 Å². The molecule has 96 valence electrons. The number of benzene rings is 1. The number of hydrogen-bond acceptors (Lipinski definition) is 3. The van der Waals surface area contributed by atoms with E-state index < -0.39 is 11.7 Å². The number of ether oxygens (including phenoxy) is 1. The molecule has 1 aromatic carbocycles. The van der Waals surface area contributed by atoms with Gasteiger partial charge in [-0.1, -0.05) is 30.3 Å². The first-order chi connectivity index (χ1) is 8.42. The first-order valence-corrected chi connectivity index (χ1v) is 5.84. The molecule has 0 aliphatic heterocycles. The van der Waals surface area contributed by atoms with Gasteiger partial charge in [-0.25, -0.2) is 4.79 Å². The monoisotopic (exact) mass is 246 g/mol. The highest BCUT2D eigenvalue weighted by molar-refractivity contribution is 5.68. The molecule has 0 heterocycles. The Kier molecular flexibility index (Phi) is 4.73. The predicted octanol–water partition coefficient (Wildman–Crippen LogP) is 3.17. The first-order valence-electron chi connectivity index (χ1n) is 5.84. The van der Waals surface area contributed by atoms with Crippen molar-refractivity contribution in [2.75, 3.05) is 0 Å². The second-order valence-corrected chi connectivity index (χ2v) is 4.97. The third kappa shape index (κ3) is 4.88. The third-order valence-electron chi connectivity index (χ3n) is 2.19. The molecule has 1 atom stereocenters. The number of carbonyl (C=O) groups excluding carboxylic acids is 1. The van der Waals surface area contributed by atoms with Crippen LogP contribution in [-0.4, -0.2) is 11.7 Å². The van der Waals surface area contributed by atoms with Gasteiger partial charge in [-0.05, 0) is 26.3 Å². The molecule has 1 N–H and O–H groups in total. The molecule has 0 aliphatic carbocycles. The number of hydrogen-bond donors (Lipinski definition) is 1. The van der Waals surface area contributed by atoms with Gasteiger partial charge >= 0.3 is 6.09 Å². The molecule has 0 aliphatic rings. The lowest BCUT2D eigenvalue weighted by Crippen LogP contribution is -2.34. The lowest BCUT2D eigenvalue weighted by atomic mass is 10.0. The number of carbonyl (C=O) groups is 1. The van der Waals surface area contributed by atoms with Crippen LogP contribution in [0.2, 0.25) is 0 Å². The first kappa shape index (κ1) is 14.0. The normalized spacial score (nSPS) is 12.3. The van der Waals surface area contributed by atoms with Gasteiger partial charge in [0.15, 0.2) is 0 Å². The highest BCUT2D eigenvalue weighted by atomic mass is 16.6. The summed E-state index contributed by atoms with van der Waals surface area (Å²) in [6, 6.07) is 11.1. The van der Waals surface area contributed by atoms with E-state index in [0.29, 0.717) is 0 Å². The van der Waals surface area contributed by atoms with Crippen molar-refractivity contribution in [2.24, 2.45) is 0 Å². The summed E-state index contributed by atoms with van der Waals surface area (Å²) in [6.45, 7) is 5.40. The molecule has 0 saturated heterocycles. The van der Waals surface area contributed by atoms with E-state index in [9.17, 15) is 4.79 Å². The maximum absolute atomic E-state index is 11.7. The van der Waals surface area contributed by atoms with Gasteiger partial charge in [0, 0.05) is 0 Å². The number of nitriles is 1. The van der Waals surface area contributed by atoms with Crippen LogP contribution in [0.1, 0.15) is 38.8 Å². The molecule has 0 unspecified atom stereocenters. The van der Waals surface area contributed by atoms with Crippen LogP contribution >= 0.6 is 0 Å². The number of rotatable bonds is 3. The van der Waals surface area contributed by atoms with Gasteiger partial charge in [0.2, 0.25) is 0 Å². The molecule has 4 nitrogen and oxygen atoms in total. The Labute approximate surface area is 108 Å². The zero-order valence-corrected chi connectivity index (χ0v) is 10.9. The summed E-state index contributed by atoms with van der Waals surface area (Å²) in [5, 5.41) is 11.5. The van der Waals surface area contributed by atoms with E-state index in [2.05, 4.69) is 11.4 Å². The van der Waals surface area contributed by atoms with Crippen molar-refractivity contribution in [3.63, 3.8) is 0 Å². The van der Waals surface area contributed by atoms with E-state index in [1.165, 1.54) is 0 Å². The number of nitrogens with zero attached hydrogens (tertiary/aromatic N) is 1. The van der Waals surface area contributed by atoms with Crippen molar-refractivity contribution in [1.29, 1.82) is 5.26 Å². The topological polar surface area (TPSA) is 62.1 Å². The summed E-state index contributed by atoms with van der Waals surface area (Å²) in [4.78, 5) is 11.7. The SMILES string of the molecule is CC(C)(C)OC(=O)N[C@H](CC#N)c1ccccc1. The van der Waals surface area contributed by atoms with Crippen molar-refractivity contribution >= 4 is 6.09 Å². The summed E-state index contributed by atoms with van der Waals surface area (Å²) in [6.07, 6.45) is -0.296. The zero-order valence-electron chi connectivity index (χ0n) is 10.9. The Morgan fingerprint density at radius 2 is 2.00 bits per heavy atom. The third-order valence-corrected chi connectivity index (χ3v) is 2.19. The fraction of sp³-hybridized carbons (Fsp3) is 0.429. The lowest BCUT2D eigenvalue weighted by molar-refractivity contribution is 0.0504. The fourth-order valence-corrected chi connectivity index (χ4v) is 1.48. The minimum atomic E-state index is -0.544. The molecule has 0 saturated carbocycles. The number of amides is 1. The highest BCUT2D eigenvalue weighted by Crippen LogP contribution is 2.17. The van der Waals surface area contributed by atoms with Crippen molar-refractivity contribution in [3.8, 4) is 6.07 Å². The Balaban J connectivity index is 2.71. The van der Waals surface area contributed by atoms with Gasteiger partial charge in [-0.15, -0.1) is 0 Å². The smallest absolute Gasteiger partial charge is 0.408 e. The quantitative estimate of drug-likeness (QED) is 0.891. The van der Waals surface area contributed by atoms with Gasteiger partial charge < -0.3 is 10.1 Å². The van der Waals surface area contributed by atoms with Gasteiger partial charge in [0.25, 0.3) is 0 Å². The summed E-state index contributed by atoms with van der Waals surface area (Å²) in [5.74, 6) is 0. The van der Waals surface area contributed by atoms with Crippen LogP contribution in [0, 0.1) is 11.3 Å². The second kappa shape index (κ2) is 6.06. The second-order valence-electron chi connectivity index (χ2n) is 4.97. The Morgan fingerprint density at radius 1 is 1.39 bits per heavy atom. The zero-order chi connectivity index (χ0) is 13.6. The number of alkyl carbamates (subject to hydrolysis) is 1. The fourth-order valence-electron chi connectivity index (χ4n) is 1.48. The summed E-state index contributed by atoms with van der Waals surface area (Å²) < 4.78 is 5.18. The average molecular weight is 246 g/mol. The predicted molar refractivity (Wildman–Crippen MR) is 68.8 cm³/mol. The number of nitrogens with one attached hydrogen (secondary N) is 1. The van der Waals surface area contributed by atoms with E-state index in [4.69, 9.17) is 10.00 Å². The van der Waals surface area contributed by atoms with Crippen molar-refractivity contribution < 1.29 is 9.53 Å². The molecule has 0 spiro atoms. The van der Waals surface area contributed by atoms with Crippen LogP contribution in [0.3, 0.4) is 0 Å². The van der Waals surface area contributed by atoms with E-state index >= 15 is 0 Å². The van der Waals surface area contributed by atoms with E-state index in [1.54, 1.807) is 20.8 Å². The van der Waals surface area contributed by atoms with Crippen molar-refractivity contribution in [3.05, 3.63) is 35.9 Å². The van der Waals surface area contributed by atoms with Crippen LogP contribution in [0.25, 0.3) is 0 Å². The Bertz CT molecular complexity index is 429. The molecule has 1 amide bonds. The Morgan fingerprint density at radius 3 is 2.50 bits per heavy atom. The maximum Gasteiger partial charge on any atom is 0.408 e. The van der Waals surface area contributed by atoms with Crippen molar-refractivity contribution in [1.82, 2.24) is 5.32 Å². The average Bonchev–Trinajstić information content (AvgIpc) is 2.27. The molecule has 0 aromatic heterocycles. The molecule has 4 heteroatoms. The van der Waals surface area contributed by atoms with E-state index in [-0.39, 0.29) is 12.5 Å². The Hall–Kier alpha value is -2.02. The molecule has 0 bridgehead atoms. The van der Waals surface area contributed by atoms with E-state index in [1.807, 2.05) is 30.3 Å². The maximum atomic E-state index is 11.7. The standard InChI is InChI=1S/C14H18N2O2/c1-14(2,3)18-13(17)16-12(9-10-15)11-7-5-4-6-8-11/h4-8,12H,9H2,1-3H3,(H,16,17)/t12-/m1/s1. The van der Waals surface area contributed by atoms with Gasteiger partial charge in [-0.3, -0.25) is 0 Å². The minimum absolute atomic E-state index is 0.212. The molecule has 1 rings (SSSR count). The molecule has 0 fully saturated rings. The summed E-state index contributed by atoms with van der Waals surface area (Å²) in [5.41, 5.74) is 0.350. The molecule has 0 radical (unpaired) electrons. The minimum Gasteiger partial charge on any atom is -0.444 e. The largest absolute Gasteiger partial charge is 0.444 e. The van der Waals surface area contributed by atoms with Gasteiger partial charge in [0.05, 0.1) is 18.5 Å². The van der Waals surface area contributed by atoms with Crippen LogP contribution in [0.15, 0.2) is 30.3 Å². The molecular weight excluding hydrogens is 228 g/mol.